The summed E-state index contributed by atoms with van der Waals surface area (Å²) in [7, 11) is 0. The number of nitrogens with one attached hydrogen (secondary N) is 1. The van der Waals surface area contributed by atoms with Gasteiger partial charge in [-0.3, -0.25) is 4.79 Å². The van der Waals surface area contributed by atoms with E-state index in [1.54, 1.807) is 12.1 Å². The van der Waals surface area contributed by atoms with E-state index in [0.29, 0.717) is 30.3 Å². The Labute approximate surface area is 150 Å². The van der Waals surface area contributed by atoms with E-state index < -0.39 is 0 Å². The monoisotopic (exact) mass is 341 g/mol. The molecule has 1 atom stereocenters. The molecule has 0 aliphatic carbocycles. The van der Waals surface area contributed by atoms with Gasteiger partial charge in [-0.05, 0) is 51.3 Å². The average molecular weight is 341 g/mol. The molecule has 0 aliphatic heterocycles. The van der Waals surface area contributed by atoms with Crippen LogP contribution in [0.2, 0.25) is 0 Å². The largest absolute Gasteiger partial charge is 0.494 e. The zero-order chi connectivity index (χ0) is 18.1. The van der Waals surface area contributed by atoms with E-state index in [-0.39, 0.29) is 11.9 Å². The molecule has 0 spiro atoms. The average Bonchev–Trinajstić information content (AvgIpc) is 2.61. The Kier molecular flexibility index (Phi) is 7.33. The van der Waals surface area contributed by atoms with Gasteiger partial charge in [-0.1, -0.05) is 30.3 Å². The summed E-state index contributed by atoms with van der Waals surface area (Å²) in [6.07, 6.45) is 1.82. The van der Waals surface area contributed by atoms with Crippen molar-refractivity contribution in [1.82, 2.24) is 5.32 Å². The van der Waals surface area contributed by atoms with Crippen LogP contribution in [-0.4, -0.2) is 25.2 Å². The molecule has 2 aromatic carbocycles. The quantitative estimate of drug-likeness (QED) is 0.742. The number of benzene rings is 2. The first-order valence-electron chi connectivity index (χ1n) is 8.87. The Morgan fingerprint density at radius 2 is 1.60 bits per heavy atom. The summed E-state index contributed by atoms with van der Waals surface area (Å²) < 4.78 is 11.1. The van der Waals surface area contributed by atoms with Gasteiger partial charge in [0.05, 0.1) is 13.2 Å². The van der Waals surface area contributed by atoms with E-state index in [2.05, 4.69) is 17.4 Å². The fourth-order valence-corrected chi connectivity index (χ4v) is 2.61. The normalized spacial score (nSPS) is 11.6. The summed E-state index contributed by atoms with van der Waals surface area (Å²) in [5, 5.41) is 3.06. The van der Waals surface area contributed by atoms with Crippen molar-refractivity contribution in [3.63, 3.8) is 0 Å². The second kappa shape index (κ2) is 9.72. The molecule has 4 nitrogen and oxygen atoms in total. The van der Waals surface area contributed by atoms with Crippen LogP contribution in [0.15, 0.2) is 48.5 Å². The summed E-state index contributed by atoms with van der Waals surface area (Å²) in [4.78, 5) is 12.6. The smallest absolute Gasteiger partial charge is 0.251 e. The minimum atomic E-state index is -0.108. The Hall–Kier alpha value is -2.49. The van der Waals surface area contributed by atoms with Gasteiger partial charge in [0.1, 0.15) is 11.5 Å². The lowest BCUT2D eigenvalue weighted by atomic mass is 10.1. The van der Waals surface area contributed by atoms with Crippen molar-refractivity contribution in [3.8, 4) is 11.5 Å². The van der Waals surface area contributed by atoms with Gasteiger partial charge in [0.25, 0.3) is 5.91 Å². The molecule has 0 heterocycles. The van der Waals surface area contributed by atoms with Crippen molar-refractivity contribution in [2.75, 3.05) is 13.2 Å². The van der Waals surface area contributed by atoms with Gasteiger partial charge < -0.3 is 14.8 Å². The predicted molar refractivity (Wildman–Crippen MR) is 100 cm³/mol. The van der Waals surface area contributed by atoms with E-state index in [1.807, 2.05) is 45.0 Å². The van der Waals surface area contributed by atoms with Crippen LogP contribution in [0.1, 0.15) is 43.1 Å². The maximum atomic E-state index is 12.6. The Morgan fingerprint density at radius 3 is 2.16 bits per heavy atom. The minimum absolute atomic E-state index is 0.0824. The SMILES string of the molecule is CCOc1cc(OCC)cc(C(=O)NC(C)CCc2ccccc2)c1. The van der Waals surface area contributed by atoms with Crippen LogP contribution in [0.3, 0.4) is 0 Å². The van der Waals surface area contributed by atoms with E-state index >= 15 is 0 Å². The molecule has 0 fully saturated rings. The fraction of sp³-hybridized carbons (Fsp3) is 0.381. The first-order valence-corrected chi connectivity index (χ1v) is 8.87. The third kappa shape index (κ3) is 6.14. The molecule has 2 aromatic rings. The van der Waals surface area contributed by atoms with Crippen LogP contribution in [0, 0.1) is 0 Å². The molecule has 1 N–H and O–H groups in total. The van der Waals surface area contributed by atoms with E-state index in [0.717, 1.165) is 12.8 Å². The van der Waals surface area contributed by atoms with Crippen molar-refractivity contribution >= 4 is 5.91 Å². The molecule has 0 bridgehead atoms. The number of carbonyl (C=O) groups is 1. The molecule has 1 unspecified atom stereocenters. The molecule has 0 aliphatic rings. The van der Waals surface area contributed by atoms with Crippen molar-refractivity contribution in [3.05, 3.63) is 59.7 Å². The first-order chi connectivity index (χ1) is 12.1. The highest BCUT2D eigenvalue weighted by molar-refractivity contribution is 5.95. The topological polar surface area (TPSA) is 47.6 Å². The standard InChI is InChI=1S/C21H27NO3/c1-4-24-19-13-18(14-20(15-19)25-5-2)21(23)22-16(3)11-12-17-9-7-6-8-10-17/h6-10,13-16H,4-5,11-12H2,1-3H3,(H,22,23). The lowest BCUT2D eigenvalue weighted by molar-refractivity contribution is 0.0937. The second-order valence-electron chi connectivity index (χ2n) is 5.96. The molecular formula is C21H27NO3. The Morgan fingerprint density at radius 1 is 1.00 bits per heavy atom. The number of hydrogen-bond donors (Lipinski definition) is 1. The van der Waals surface area contributed by atoms with Crippen LogP contribution < -0.4 is 14.8 Å². The minimum Gasteiger partial charge on any atom is -0.494 e. The molecule has 0 aromatic heterocycles. The van der Waals surface area contributed by atoms with Gasteiger partial charge in [-0.25, -0.2) is 0 Å². The lowest BCUT2D eigenvalue weighted by Gasteiger charge is -2.15. The van der Waals surface area contributed by atoms with Gasteiger partial charge in [0.2, 0.25) is 0 Å². The van der Waals surface area contributed by atoms with Crippen molar-refractivity contribution < 1.29 is 14.3 Å². The third-order valence-electron chi connectivity index (χ3n) is 3.85. The number of rotatable bonds is 9. The van der Waals surface area contributed by atoms with Crippen molar-refractivity contribution in [2.24, 2.45) is 0 Å². The van der Waals surface area contributed by atoms with Crippen LogP contribution in [0.4, 0.5) is 0 Å². The lowest BCUT2D eigenvalue weighted by Crippen LogP contribution is -2.32. The van der Waals surface area contributed by atoms with Gasteiger partial charge >= 0.3 is 0 Å². The van der Waals surface area contributed by atoms with Gasteiger partial charge in [0, 0.05) is 17.7 Å². The summed E-state index contributed by atoms with van der Waals surface area (Å²) in [5.41, 5.74) is 1.83. The molecule has 0 saturated heterocycles. The van der Waals surface area contributed by atoms with Crippen LogP contribution in [-0.2, 0) is 6.42 Å². The predicted octanol–water partition coefficient (Wildman–Crippen LogP) is 4.24. The third-order valence-corrected chi connectivity index (χ3v) is 3.85. The highest BCUT2D eigenvalue weighted by atomic mass is 16.5. The number of amides is 1. The molecule has 0 saturated carbocycles. The molecule has 4 heteroatoms. The van der Waals surface area contributed by atoms with Crippen molar-refractivity contribution in [2.45, 2.75) is 39.7 Å². The van der Waals surface area contributed by atoms with Gasteiger partial charge in [0.15, 0.2) is 0 Å². The highest BCUT2D eigenvalue weighted by Crippen LogP contribution is 2.23. The molecule has 0 radical (unpaired) electrons. The summed E-state index contributed by atoms with van der Waals surface area (Å²) in [5.74, 6) is 1.19. The number of carbonyl (C=O) groups excluding carboxylic acids is 1. The number of hydrogen-bond acceptors (Lipinski definition) is 3. The molecule has 25 heavy (non-hydrogen) atoms. The molecule has 2 rings (SSSR count). The van der Waals surface area contributed by atoms with Gasteiger partial charge in [-0.15, -0.1) is 0 Å². The number of ether oxygens (including phenoxy) is 2. The molecule has 134 valence electrons. The van der Waals surface area contributed by atoms with Crippen LogP contribution >= 0.6 is 0 Å². The summed E-state index contributed by atoms with van der Waals surface area (Å²) in [6.45, 7) is 6.95. The zero-order valence-corrected chi connectivity index (χ0v) is 15.2. The first kappa shape index (κ1) is 18.8. The highest BCUT2D eigenvalue weighted by Gasteiger charge is 2.13. The summed E-state index contributed by atoms with van der Waals surface area (Å²) in [6, 6.07) is 15.7. The molecule has 1 amide bonds. The maximum Gasteiger partial charge on any atom is 0.251 e. The molecular weight excluding hydrogens is 314 g/mol. The van der Waals surface area contributed by atoms with E-state index in [4.69, 9.17) is 9.47 Å². The number of aryl methyl sites for hydroxylation is 1. The second-order valence-corrected chi connectivity index (χ2v) is 5.96. The Balaban J connectivity index is 1.98. The Bertz CT molecular complexity index is 646. The van der Waals surface area contributed by atoms with E-state index in [1.165, 1.54) is 5.56 Å². The van der Waals surface area contributed by atoms with Gasteiger partial charge in [-0.2, -0.15) is 0 Å². The zero-order valence-electron chi connectivity index (χ0n) is 15.2. The van der Waals surface area contributed by atoms with Crippen LogP contribution in [0.25, 0.3) is 0 Å². The van der Waals surface area contributed by atoms with Crippen LogP contribution in [0.5, 0.6) is 11.5 Å². The summed E-state index contributed by atoms with van der Waals surface area (Å²) >= 11 is 0. The maximum absolute atomic E-state index is 12.6. The van der Waals surface area contributed by atoms with Crippen molar-refractivity contribution in [1.29, 1.82) is 0 Å². The van der Waals surface area contributed by atoms with E-state index in [9.17, 15) is 4.79 Å². The fourth-order valence-electron chi connectivity index (χ4n) is 2.61.